The number of pyridine rings is 1. The third-order valence-corrected chi connectivity index (χ3v) is 10.0. The lowest BCUT2D eigenvalue weighted by atomic mass is 9.94. The molecular formula is C25H24N4O2S2. The van der Waals surface area contributed by atoms with E-state index < -0.39 is 9.84 Å². The van der Waals surface area contributed by atoms with Gasteiger partial charge in [0.05, 0.1) is 17.3 Å². The zero-order valence-electron chi connectivity index (χ0n) is 18.1. The molecular weight excluding hydrogens is 452 g/mol. The van der Waals surface area contributed by atoms with E-state index in [0.29, 0.717) is 4.21 Å². The standard InChI is InChI=1S/C25H24N4O2S2/c1-17(22-15-26-14-18-6-8-27-23(18)22)28-9-11-29(12-10-28)24-20-5-3-2-4-19(20)16-33(30,31)25-21(24)7-13-32-25/h2-8,13-15,24,27H,1,9-12,16H2. The van der Waals surface area contributed by atoms with E-state index in [-0.39, 0.29) is 11.8 Å². The quantitative estimate of drug-likeness (QED) is 0.478. The minimum Gasteiger partial charge on any atom is -0.369 e. The molecule has 2 aliphatic rings. The van der Waals surface area contributed by atoms with Gasteiger partial charge in [-0.3, -0.25) is 9.88 Å². The third-order valence-electron chi connectivity index (χ3n) is 6.77. The van der Waals surface area contributed by atoms with Gasteiger partial charge < -0.3 is 9.88 Å². The maximum Gasteiger partial charge on any atom is 0.192 e. The predicted molar refractivity (Wildman–Crippen MR) is 132 cm³/mol. The van der Waals surface area contributed by atoms with Crippen molar-refractivity contribution < 1.29 is 8.42 Å². The van der Waals surface area contributed by atoms with Crippen molar-refractivity contribution in [3.8, 4) is 0 Å². The number of hydrogen-bond donors (Lipinski definition) is 1. The number of H-pyrrole nitrogens is 1. The highest BCUT2D eigenvalue weighted by Gasteiger charge is 2.36. The molecule has 6 nitrogen and oxygen atoms in total. The Morgan fingerprint density at radius 2 is 1.88 bits per heavy atom. The molecule has 1 aromatic carbocycles. The van der Waals surface area contributed by atoms with E-state index in [1.165, 1.54) is 11.3 Å². The van der Waals surface area contributed by atoms with Gasteiger partial charge in [-0.1, -0.05) is 30.8 Å². The van der Waals surface area contributed by atoms with Crippen LogP contribution in [0.25, 0.3) is 16.6 Å². The molecule has 3 aromatic heterocycles. The van der Waals surface area contributed by atoms with Crippen LogP contribution in [0.3, 0.4) is 0 Å². The summed E-state index contributed by atoms with van der Waals surface area (Å²) in [4.78, 5) is 12.4. The molecule has 6 rings (SSSR count). The van der Waals surface area contributed by atoms with Crippen LogP contribution >= 0.6 is 11.3 Å². The number of nitrogens with one attached hydrogen (secondary N) is 1. The zero-order chi connectivity index (χ0) is 22.6. The van der Waals surface area contributed by atoms with Gasteiger partial charge in [0.25, 0.3) is 0 Å². The molecule has 1 fully saturated rings. The summed E-state index contributed by atoms with van der Waals surface area (Å²) < 4.78 is 26.7. The van der Waals surface area contributed by atoms with Crippen molar-refractivity contribution in [3.05, 3.63) is 89.2 Å². The molecule has 33 heavy (non-hydrogen) atoms. The maximum atomic E-state index is 13.1. The summed E-state index contributed by atoms with van der Waals surface area (Å²) in [7, 11) is -3.34. The van der Waals surface area contributed by atoms with Gasteiger partial charge in [0, 0.05) is 67.0 Å². The molecule has 5 heterocycles. The van der Waals surface area contributed by atoms with Crippen LogP contribution in [0.2, 0.25) is 0 Å². The predicted octanol–water partition coefficient (Wildman–Crippen LogP) is 4.29. The fourth-order valence-electron chi connectivity index (χ4n) is 5.14. The van der Waals surface area contributed by atoms with Crippen LogP contribution in [-0.2, 0) is 15.6 Å². The Kier molecular flexibility index (Phi) is 4.90. The fourth-order valence-corrected chi connectivity index (χ4v) is 8.07. The molecule has 168 valence electrons. The van der Waals surface area contributed by atoms with Crippen LogP contribution in [-0.4, -0.2) is 54.4 Å². The number of sulfone groups is 1. The summed E-state index contributed by atoms with van der Waals surface area (Å²) >= 11 is 1.34. The van der Waals surface area contributed by atoms with Crippen molar-refractivity contribution in [2.24, 2.45) is 0 Å². The molecule has 1 saturated heterocycles. The van der Waals surface area contributed by atoms with Crippen LogP contribution in [0.4, 0.5) is 0 Å². The van der Waals surface area contributed by atoms with E-state index in [0.717, 1.165) is 65.0 Å². The number of thiophene rings is 1. The smallest absolute Gasteiger partial charge is 0.192 e. The van der Waals surface area contributed by atoms with Gasteiger partial charge >= 0.3 is 0 Å². The van der Waals surface area contributed by atoms with E-state index in [1.54, 1.807) is 0 Å². The van der Waals surface area contributed by atoms with Crippen LogP contribution < -0.4 is 0 Å². The highest BCUT2D eigenvalue weighted by molar-refractivity contribution is 7.92. The molecule has 0 amide bonds. The monoisotopic (exact) mass is 476 g/mol. The molecule has 1 N–H and O–H groups in total. The summed E-state index contributed by atoms with van der Waals surface area (Å²) in [5, 5.41) is 2.99. The first kappa shape index (κ1) is 20.7. The fraction of sp³-hybridized carbons (Fsp3) is 0.240. The SMILES string of the molecule is C=C(c1cncc2cc[nH]c12)N1CCN(C2c3ccccc3CS(=O)(=O)c3sccc32)CC1. The van der Waals surface area contributed by atoms with Crippen molar-refractivity contribution in [3.63, 3.8) is 0 Å². The summed E-state index contributed by atoms with van der Waals surface area (Å²) in [6.07, 6.45) is 5.66. The Balaban J connectivity index is 1.30. The third kappa shape index (κ3) is 3.40. The number of piperazine rings is 1. The number of benzene rings is 1. The lowest BCUT2D eigenvalue weighted by Gasteiger charge is -2.41. The topological polar surface area (TPSA) is 69.3 Å². The Bertz CT molecular complexity index is 1460. The first-order chi connectivity index (χ1) is 16.0. The molecule has 0 radical (unpaired) electrons. The Labute approximate surface area is 197 Å². The number of aromatic amines is 1. The van der Waals surface area contributed by atoms with E-state index >= 15 is 0 Å². The first-order valence-corrected chi connectivity index (χ1v) is 13.5. The molecule has 2 aliphatic heterocycles. The highest BCUT2D eigenvalue weighted by Crippen LogP contribution is 2.42. The van der Waals surface area contributed by atoms with Gasteiger partial charge in [0.2, 0.25) is 0 Å². The summed E-state index contributed by atoms with van der Waals surface area (Å²) in [5.41, 5.74) is 5.97. The number of hydrogen-bond acceptors (Lipinski definition) is 6. The second-order valence-corrected chi connectivity index (χ2v) is 11.7. The van der Waals surface area contributed by atoms with Gasteiger partial charge in [-0.15, -0.1) is 11.3 Å². The summed E-state index contributed by atoms with van der Waals surface area (Å²) in [5.74, 6) is 0.0666. The minimum atomic E-state index is -3.34. The van der Waals surface area contributed by atoms with Crippen molar-refractivity contribution in [1.29, 1.82) is 0 Å². The second kappa shape index (κ2) is 7.83. The van der Waals surface area contributed by atoms with Crippen molar-refractivity contribution >= 4 is 37.8 Å². The van der Waals surface area contributed by atoms with Crippen molar-refractivity contribution in [2.45, 2.75) is 16.0 Å². The van der Waals surface area contributed by atoms with Gasteiger partial charge in [-0.25, -0.2) is 8.42 Å². The van der Waals surface area contributed by atoms with Gasteiger partial charge in [-0.2, -0.15) is 0 Å². The van der Waals surface area contributed by atoms with E-state index in [4.69, 9.17) is 0 Å². The van der Waals surface area contributed by atoms with Crippen LogP contribution in [0.5, 0.6) is 0 Å². The number of fused-ring (bicyclic) bond motifs is 3. The summed E-state index contributed by atoms with van der Waals surface area (Å²) in [6, 6.07) is 12.0. The largest absolute Gasteiger partial charge is 0.369 e. The van der Waals surface area contributed by atoms with Gasteiger partial charge in [0.15, 0.2) is 9.84 Å². The lowest BCUT2D eigenvalue weighted by molar-refractivity contribution is 0.144. The van der Waals surface area contributed by atoms with Crippen LogP contribution in [0, 0.1) is 0 Å². The number of rotatable bonds is 3. The van der Waals surface area contributed by atoms with Crippen LogP contribution in [0.15, 0.2) is 71.2 Å². The normalized spacial score (nSPS) is 20.2. The molecule has 1 unspecified atom stereocenters. The Morgan fingerprint density at radius 3 is 2.73 bits per heavy atom. The molecule has 0 spiro atoms. The van der Waals surface area contributed by atoms with Crippen LogP contribution in [0.1, 0.15) is 28.3 Å². The zero-order valence-corrected chi connectivity index (χ0v) is 19.7. The van der Waals surface area contributed by atoms with E-state index in [9.17, 15) is 8.42 Å². The number of aromatic nitrogens is 2. The van der Waals surface area contributed by atoms with Crippen molar-refractivity contribution in [1.82, 2.24) is 19.8 Å². The molecule has 0 aliphatic carbocycles. The van der Waals surface area contributed by atoms with E-state index in [2.05, 4.69) is 32.4 Å². The van der Waals surface area contributed by atoms with Crippen molar-refractivity contribution in [2.75, 3.05) is 26.2 Å². The minimum absolute atomic E-state index is 0.0522. The maximum absolute atomic E-state index is 13.1. The Morgan fingerprint density at radius 1 is 1.06 bits per heavy atom. The average molecular weight is 477 g/mol. The molecule has 0 saturated carbocycles. The van der Waals surface area contributed by atoms with Gasteiger partial charge in [0.1, 0.15) is 4.21 Å². The number of nitrogens with zero attached hydrogens (tertiary/aromatic N) is 3. The molecule has 8 heteroatoms. The summed E-state index contributed by atoms with van der Waals surface area (Å²) in [6.45, 7) is 7.67. The lowest BCUT2D eigenvalue weighted by Crippen LogP contribution is -2.47. The Hall–Kier alpha value is -2.94. The first-order valence-electron chi connectivity index (χ1n) is 11.0. The van der Waals surface area contributed by atoms with E-state index in [1.807, 2.05) is 54.3 Å². The molecule has 1 atom stereocenters. The highest BCUT2D eigenvalue weighted by atomic mass is 32.2. The van der Waals surface area contributed by atoms with Gasteiger partial charge in [-0.05, 0) is 28.6 Å². The molecule has 4 aromatic rings. The average Bonchev–Trinajstić information content (AvgIpc) is 3.49. The molecule has 0 bridgehead atoms. The second-order valence-electron chi connectivity index (χ2n) is 8.62.